The van der Waals surface area contributed by atoms with E-state index in [1.165, 1.54) is 48.8 Å². The van der Waals surface area contributed by atoms with Crippen molar-refractivity contribution in [3.05, 3.63) is 103 Å². The molecule has 0 unspecified atom stereocenters. The van der Waals surface area contributed by atoms with Crippen LogP contribution in [0.15, 0.2) is 107 Å². The second-order valence-corrected chi connectivity index (χ2v) is 12.2. The molecule has 4 rings (SSSR count). The molecule has 208 valence electrons. The predicted octanol–water partition coefficient (Wildman–Crippen LogP) is 4.42. The Hall–Kier alpha value is -4.42. The van der Waals surface area contributed by atoms with Gasteiger partial charge in [0.15, 0.2) is 0 Å². The molecular weight excluding hydrogens is 552 g/mol. The lowest BCUT2D eigenvalue weighted by atomic mass is 10.2. The molecule has 0 radical (unpaired) electrons. The molecule has 0 aliphatic rings. The van der Waals surface area contributed by atoms with Crippen molar-refractivity contribution in [2.45, 2.75) is 23.6 Å². The van der Waals surface area contributed by atoms with Crippen molar-refractivity contribution < 1.29 is 26.4 Å². The third kappa shape index (κ3) is 6.96. The second kappa shape index (κ2) is 12.2. The van der Waals surface area contributed by atoms with Gasteiger partial charge in [-0.05, 0) is 86.6 Å². The van der Waals surface area contributed by atoms with E-state index in [-0.39, 0.29) is 15.5 Å². The maximum atomic E-state index is 13.6. The summed E-state index contributed by atoms with van der Waals surface area (Å²) in [6, 6.07) is 21.4. The van der Waals surface area contributed by atoms with Crippen LogP contribution in [0.25, 0.3) is 0 Å². The average Bonchev–Trinajstić information content (AvgIpc) is 2.93. The molecule has 0 atom stereocenters. The summed E-state index contributed by atoms with van der Waals surface area (Å²) in [6.45, 7) is 3.62. The Labute approximate surface area is 233 Å². The fourth-order valence-corrected chi connectivity index (χ4v) is 6.18. The first-order valence-electron chi connectivity index (χ1n) is 12.2. The number of pyridine rings is 1. The van der Waals surface area contributed by atoms with Gasteiger partial charge in [-0.1, -0.05) is 17.7 Å². The number of nitrogens with one attached hydrogen (secondary N) is 2. The number of rotatable bonds is 11. The van der Waals surface area contributed by atoms with Crippen LogP contribution in [0.1, 0.15) is 12.5 Å². The van der Waals surface area contributed by atoms with Crippen molar-refractivity contribution in [1.29, 1.82) is 0 Å². The number of benzene rings is 3. The number of amides is 1. The van der Waals surface area contributed by atoms with E-state index >= 15 is 0 Å². The van der Waals surface area contributed by atoms with E-state index < -0.39 is 32.5 Å². The maximum absolute atomic E-state index is 13.6. The van der Waals surface area contributed by atoms with Crippen molar-refractivity contribution in [1.82, 2.24) is 4.98 Å². The monoisotopic (exact) mass is 580 g/mol. The summed E-state index contributed by atoms with van der Waals surface area (Å²) in [5.41, 5.74) is 1.78. The van der Waals surface area contributed by atoms with Crippen LogP contribution in [-0.4, -0.2) is 40.9 Å². The van der Waals surface area contributed by atoms with Crippen molar-refractivity contribution in [3.63, 3.8) is 0 Å². The number of carbonyl (C=O) groups is 1. The van der Waals surface area contributed by atoms with E-state index in [4.69, 9.17) is 4.74 Å². The van der Waals surface area contributed by atoms with Crippen molar-refractivity contribution >= 4 is 43.0 Å². The highest BCUT2D eigenvalue weighted by Gasteiger charge is 2.27. The van der Waals surface area contributed by atoms with E-state index in [1.54, 1.807) is 48.5 Å². The van der Waals surface area contributed by atoms with Gasteiger partial charge in [0.2, 0.25) is 5.91 Å². The first-order chi connectivity index (χ1) is 19.1. The van der Waals surface area contributed by atoms with Crippen LogP contribution in [0.5, 0.6) is 5.75 Å². The SMILES string of the molecule is CCOc1ccc(N(CC(=O)Nc2ccc(S(=O)(=O)Nc3cccnc3)cc2)S(=O)(=O)c2ccc(C)cc2)cc1. The first kappa shape index (κ1) is 28.6. The first-order valence-corrected chi connectivity index (χ1v) is 15.2. The fraction of sp³-hybridized carbons (Fsp3) is 0.143. The number of sulfonamides is 2. The van der Waals surface area contributed by atoms with Crippen LogP contribution >= 0.6 is 0 Å². The third-order valence-electron chi connectivity index (χ3n) is 5.69. The standard InChI is InChI=1S/C28H28N4O6S2/c1-3-38-25-12-10-24(11-13-25)32(40(36,37)27-14-6-21(2)7-15-27)20-28(33)30-22-8-16-26(17-9-22)39(34,35)31-23-5-4-18-29-19-23/h4-19,31H,3,20H2,1-2H3,(H,30,33). The van der Waals surface area contributed by atoms with Gasteiger partial charge in [-0.15, -0.1) is 0 Å². The highest BCUT2D eigenvalue weighted by molar-refractivity contribution is 7.93. The van der Waals surface area contributed by atoms with Gasteiger partial charge in [-0.3, -0.25) is 18.8 Å². The number of aryl methyl sites for hydroxylation is 1. The Bertz CT molecular complexity index is 1660. The smallest absolute Gasteiger partial charge is 0.264 e. The molecule has 4 aromatic rings. The van der Waals surface area contributed by atoms with Gasteiger partial charge < -0.3 is 10.1 Å². The summed E-state index contributed by atoms with van der Waals surface area (Å²) in [4.78, 5) is 16.9. The van der Waals surface area contributed by atoms with E-state index in [9.17, 15) is 21.6 Å². The summed E-state index contributed by atoms with van der Waals surface area (Å²) >= 11 is 0. The van der Waals surface area contributed by atoms with Crippen LogP contribution in [0.4, 0.5) is 17.1 Å². The molecule has 10 nitrogen and oxygen atoms in total. The van der Waals surface area contributed by atoms with Gasteiger partial charge in [0, 0.05) is 11.9 Å². The summed E-state index contributed by atoms with van der Waals surface area (Å²) in [7, 11) is -7.98. The number of hydrogen-bond acceptors (Lipinski definition) is 7. The summed E-state index contributed by atoms with van der Waals surface area (Å²) in [6.07, 6.45) is 2.91. The van der Waals surface area contributed by atoms with Gasteiger partial charge >= 0.3 is 0 Å². The zero-order chi connectivity index (χ0) is 28.8. The summed E-state index contributed by atoms with van der Waals surface area (Å²) < 4.78 is 61.4. The summed E-state index contributed by atoms with van der Waals surface area (Å²) in [5, 5.41) is 2.64. The second-order valence-electron chi connectivity index (χ2n) is 8.67. The zero-order valence-electron chi connectivity index (χ0n) is 21.8. The van der Waals surface area contributed by atoms with Crippen molar-refractivity contribution in [2.24, 2.45) is 0 Å². The van der Waals surface area contributed by atoms with E-state index in [0.29, 0.717) is 23.7 Å². The minimum Gasteiger partial charge on any atom is -0.494 e. The zero-order valence-corrected chi connectivity index (χ0v) is 23.4. The fourth-order valence-electron chi connectivity index (χ4n) is 3.71. The molecule has 0 aliphatic heterocycles. The topological polar surface area (TPSA) is 135 Å². The van der Waals surface area contributed by atoms with E-state index in [1.807, 2.05) is 13.8 Å². The molecule has 40 heavy (non-hydrogen) atoms. The van der Waals surface area contributed by atoms with Gasteiger partial charge in [0.1, 0.15) is 12.3 Å². The van der Waals surface area contributed by atoms with Crippen LogP contribution < -0.4 is 19.1 Å². The molecule has 0 saturated carbocycles. The number of carbonyl (C=O) groups excluding carboxylic acids is 1. The Kier molecular flexibility index (Phi) is 8.70. The summed E-state index contributed by atoms with van der Waals surface area (Å²) in [5.74, 6) is -0.0508. The number of anilines is 3. The lowest BCUT2D eigenvalue weighted by molar-refractivity contribution is -0.114. The molecule has 0 spiro atoms. The number of ether oxygens (including phenoxy) is 1. The Balaban J connectivity index is 1.54. The predicted molar refractivity (Wildman–Crippen MR) is 153 cm³/mol. The number of hydrogen-bond donors (Lipinski definition) is 2. The highest BCUT2D eigenvalue weighted by Crippen LogP contribution is 2.26. The molecular formula is C28H28N4O6S2. The normalized spacial score (nSPS) is 11.4. The van der Waals surface area contributed by atoms with E-state index in [0.717, 1.165) is 9.87 Å². The Morgan fingerprint density at radius 3 is 2.10 bits per heavy atom. The Morgan fingerprint density at radius 1 is 0.850 bits per heavy atom. The van der Waals surface area contributed by atoms with Crippen LogP contribution in [0.3, 0.4) is 0 Å². The largest absolute Gasteiger partial charge is 0.494 e. The van der Waals surface area contributed by atoms with Gasteiger partial charge in [0.05, 0.1) is 34.0 Å². The molecule has 1 aromatic heterocycles. The van der Waals surface area contributed by atoms with Crippen LogP contribution in [0.2, 0.25) is 0 Å². The van der Waals surface area contributed by atoms with Crippen molar-refractivity contribution in [3.8, 4) is 5.75 Å². The molecule has 0 bridgehead atoms. The lowest BCUT2D eigenvalue weighted by Crippen LogP contribution is -2.38. The maximum Gasteiger partial charge on any atom is 0.264 e. The average molecular weight is 581 g/mol. The van der Waals surface area contributed by atoms with Gasteiger partial charge in [0.25, 0.3) is 20.0 Å². The molecule has 2 N–H and O–H groups in total. The van der Waals surface area contributed by atoms with Crippen molar-refractivity contribution in [2.75, 3.05) is 27.5 Å². The van der Waals surface area contributed by atoms with Crippen LogP contribution in [-0.2, 0) is 24.8 Å². The lowest BCUT2D eigenvalue weighted by Gasteiger charge is -2.24. The number of nitrogens with zero attached hydrogens (tertiary/aromatic N) is 2. The number of aromatic nitrogens is 1. The highest BCUT2D eigenvalue weighted by atomic mass is 32.2. The molecule has 12 heteroatoms. The molecule has 1 heterocycles. The molecule has 0 fully saturated rings. The van der Waals surface area contributed by atoms with Crippen LogP contribution in [0, 0.1) is 6.92 Å². The Morgan fingerprint density at radius 2 is 1.50 bits per heavy atom. The molecule has 0 saturated heterocycles. The minimum absolute atomic E-state index is 0.0210. The molecule has 3 aromatic carbocycles. The minimum atomic E-state index is -4.10. The third-order valence-corrected chi connectivity index (χ3v) is 8.88. The van der Waals surface area contributed by atoms with E-state index in [2.05, 4.69) is 15.0 Å². The molecule has 1 amide bonds. The van der Waals surface area contributed by atoms with Gasteiger partial charge in [-0.25, -0.2) is 16.8 Å². The molecule has 0 aliphatic carbocycles. The quantitative estimate of drug-likeness (QED) is 0.268. The van der Waals surface area contributed by atoms with Gasteiger partial charge in [-0.2, -0.15) is 0 Å².